The van der Waals surface area contributed by atoms with Gasteiger partial charge in [-0.2, -0.15) is 4.98 Å². The van der Waals surface area contributed by atoms with E-state index in [4.69, 9.17) is 4.74 Å². The van der Waals surface area contributed by atoms with Crippen molar-refractivity contribution in [2.75, 3.05) is 19.3 Å². The fourth-order valence-corrected chi connectivity index (χ4v) is 4.45. The van der Waals surface area contributed by atoms with Gasteiger partial charge in [-0.3, -0.25) is 0 Å². The third-order valence-electron chi connectivity index (χ3n) is 4.37. The Morgan fingerprint density at radius 2 is 1.92 bits per heavy atom. The van der Waals surface area contributed by atoms with Crippen molar-refractivity contribution in [2.45, 2.75) is 23.8 Å². The number of hydrogen-bond acceptors (Lipinski definition) is 6. The zero-order valence-corrected chi connectivity index (χ0v) is 15.9. The highest BCUT2D eigenvalue weighted by molar-refractivity contribution is 7.90. The van der Waals surface area contributed by atoms with Crippen molar-refractivity contribution in [2.24, 2.45) is 0 Å². The summed E-state index contributed by atoms with van der Waals surface area (Å²) in [5, 5.41) is 3.99. The number of rotatable bonds is 4. The molecule has 1 saturated heterocycles. The van der Waals surface area contributed by atoms with Crippen LogP contribution in [-0.2, 0) is 9.84 Å². The van der Waals surface area contributed by atoms with Crippen LogP contribution in [0.3, 0.4) is 0 Å². The molecule has 0 atom stereocenters. The van der Waals surface area contributed by atoms with E-state index in [9.17, 15) is 8.42 Å². The first-order valence-corrected chi connectivity index (χ1v) is 11.1. The van der Waals surface area contributed by atoms with E-state index in [0.29, 0.717) is 10.1 Å². The number of aromatic nitrogens is 1. The van der Waals surface area contributed by atoms with Gasteiger partial charge in [0.2, 0.25) is 0 Å². The molecule has 5 nitrogen and oxygen atoms in total. The average molecular weight is 386 g/mol. The SMILES string of the molecule is CS(=O)(=O)c1ccc(-c2c#cc3nc(OC4CCNCC4)sc3c2)cc1. The van der Waals surface area contributed by atoms with E-state index in [0.717, 1.165) is 47.3 Å². The molecule has 2 aromatic carbocycles. The quantitative estimate of drug-likeness (QED) is 0.746. The molecule has 3 aromatic rings. The standard InChI is InChI=1S/C19H18N2O3S2/c1-26(22,23)16-5-2-13(3-6-16)14-4-7-17-18(12-14)25-19(21-17)24-15-8-10-20-11-9-15/h2-3,5-6,12,15,20H,8-11H2,1H3. The molecule has 26 heavy (non-hydrogen) atoms. The Balaban J connectivity index is 1.59. The molecule has 134 valence electrons. The first-order valence-electron chi connectivity index (χ1n) is 8.41. The molecule has 2 heterocycles. The van der Waals surface area contributed by atoms with Crippen LogP contribution in [0.5, 0.6) is 5.19 Å². The van der Waals surface area contributed by atoms with Gasteiger partial charge in [-0.15, -0.1) is 0 Å². The maximum Gasteiger partial charge on any atom is 0.275 e. The van der Waals surface area contributed by atoms with Crippen LogP contribution < -0.4 is 10.1 Å². The Morgan fingerprint density at radius 3 is 2.62 bits per heavy atom. The topological polar surface area (TPSA) is 68.3 Å². The number of sulfone groups is 1. The van der Waals surface area contributed by atoms with Gasteiger partial charge in [-0.05, 0) is 55.8 Å². The van der Waals surface area contributed by atoms with Crippen molar-refractivity contribution < 1.29 is 13.2 Å². The molecule has 1 fully saturated rings. The van der Waals surface area contributed by atoms with Crippen LogP contribution >= 0.6 is 11.3 Å². The van der Waals surface area contributed by atoms with Gasteiger partial charge in [0.15, 0.2) is 9.84 Å². The molecular formula is C19H18N2O3S2. The largest absolute Gasteiger partial charge is 0.467 e. The number of hydrogen-bond donors (Lipinski definition) is 1. The van der Waals surface area contributed by atoms with E-state index in [1.54, 1.807) is 24.3 Å². The number of nitrogens with one attached hydrogen (secondary N) is 1. The second kappa shape index (κ2) is 6.88. The van der Waals surface area contributed by atoms with Crippen molar-refractivity contribution in [3.8, 4) is 16.3 Å². The first kappa shape index (κ1) is 17.3. The van der Waals surface area contributed by atoms with Crippen molar-refractivity contribution in [3.05, 3.63) is 42.5 Å². The molecule has 0 bridgehead atoms. The zero-order valence-electron chi connectivity index (χ0n) is 14.3. The molecule has 0 amide bonds. The van der Waals surface area contributed by atoms with Crippen molar-refractivity contribution in [1.29, 1.82) is 0 Å². The van der Waals surface area contributed by atoms with Crippen LogP contribution in [0, 0.1) is 12.1 Å². The van der Waals surface area contributed by atoms with Gasteiger partial charge >= 0.3 is 0 Å². The number of benzene rings is 1. The third-order valence-corrected chi connectivity index (χ3v) is 6.39. The van der Waals surface area contributed by atoms with E-state index >= 15 is 0 Å². The van der Waals surface area contributed by atoms with Crippen LogP contribution in [0.4, 0.5) is 0 Å². The van der Waals surface area contributed by atoms with Crippen molar-refractivity contribution in [1.82, 2.24) is 10.3 Å². The molecule has 1 aliphatic heterocycles. The molecule has 1 N–H and O–H groups in total. The van der Waals surface area contributed by atoms with Crippen LogP contribution in [0.25, 0.3) is 21.3 Å². The number of thiazole rings is 1. The van der Waals surface area contributed by atoms with Gasteiger partial charge in [-0.1, -0.05) is 29.5 Å². The smallest absolute Gasteiger partial charge is 0.275 e. The number of nitrogens with zero attached hydrogens (tertiary/aromatic N) is 1. The van der Waals surface area contributed by atoms with E-state index < -0.39 is 9.84 Å². The van der Waals surface area contributed by atoms with E-state index in [1.807, 2.05) is 6.07 Å². The van der Waals surface area contributed by atoms with E-state index in [-0.39, 0.29) is 6.10 Å². The van der Waals surface area contributed by atoms with Crippen LogP contribution in [0.1, 0.15) is 12.8 Å². The molecule has 1 aliphatic rings. The molecule has 0 saturated carbocycles. The highest BCUT2D eigenvalue weighted by Crippen LogP contribution is 2.31. The van der Waals surface area contributed by atoms with Gasteiger partial charge in [0, 0.05) is 11.8 Å². The van der Waals surface area contributed by atoms with Gasteiger partial charge in [0.05, 0.1) is 9.60 Å². The molecule has 0 radical (unpaired) electrons. The Hall–Kier alpha value is -2.14. The molecule has 0 aliphatic carbocycles. The number of fused-ring (bicyclic) bond motifs is 1. The Morgan fingerprint density at radius 1 is 1.19 bits per heavy atom. The highest BCUT2D eigenvalue weighted by Gasteiger charge is 2.17. The summed E-state index contributed by atoms with van der Waals surface area (Å²) in [4.78, 5) is 4.80. The monoisotopic (exact) mass is 386 g/mol. The summed E-state index contributed by atoms with van der Waals surface area (Å²) < 4.78 is 30.2. The van der Waals surface area contributed by atoms with Gasteiger partial charge in [0.25, 0.3) is 5.19 Å². The molecule has 7 heteroatoms. The molecular weight excluding hydrogens is 368 g/mol. The average Bonchev–Trinajstić information content (AvgIpc) is 3.03. The summed E-state index contributed by atoms with van der Waals surface area (Å²) in [5.41, 5.74) is 2.50. The second-order valence-electron chi connectivity index (χ2n) is 6.36. The minimum Gasteiger partial charge on any atom is -0.467 e. The predicted molar refractivity (Wildman–Crippen MR) is 102 cm³/mol. The molecule has 0 spiro atoms. The van der Waals surface area contributed by atoms with E-state index in [2.05, 4.69) is 22.4 Å². The Kier molecular flexibility index (Phi) is 4.57. The summed E-state index contributed by atoms with van der Waals surface area (Å²) in [6.07, 6.45) is 3.39. The minimum absolute atomic E-state index is 0.212. The lowest BCUT2D eigenvalue weighted by atomic mass is 10.1. The van der Waals surface area contributed by atoms with Crippen LogP contribution in [0.2, 0.25) is 0 Å². The predicted octanol–water partition coefficient (Wildman–Crippen LogP) is 3.10. The number of piperidine rings is 1. The number of ether oxygens (including phenoxy) is 1. The van der Waals surface area contributed by atoms with Gasteiger partial charge in [0.1, 0.15) is 11.6 Å². The summed E-state index contributed by atoms with van der Waals surface area (Å²) >= 11 is 1.51. The maximum atomic E-state index is 11.6. The summed E-state index contributed by atoms with van der Waals surface area (Å²) in [5.74, 6) is 0. The Labute approximate surface area is 157 Å². The first-order chi connectivity index (χ1) is 12.5. The summed E-state index contributed by atoms with van der Waals surface area (Å²) in [7, 11) is -3.19. The van der Waals surface area contributed by atoms with Crippen LogP contribution in [-0.4, -0.2) is 38.9 Å². The van der Waals surface area contributed by atoms with Crippen molar-refractivity contribution >= 4 is 31.4 Å². The lowest BCUT2D eigenvalue weighted by Gasteiger charge is -2.22. The fraction of sp³-hybridized carbons (Fsp3) is 0.316. The molecule has 1 aromatic heterocycles. The van der Waals surface area contributed by atoms with E-state index in [1.165, 1.54) is 17.6 Å². The highest BCUT2D eigenvalue weighted by atomic mass is 32.2. The maximum absolute atomic E-state index is 11.6. The Bertz CT molecular complexity index is 1020. The van der Waals surface area contributed by atoms with Crippen LogP contribution in [0.15, 0.2) is 35.2 Å². The van der Waals surface area contributed by atoms with Gasteiger partial charge in [-0.25, -0.2) is 8.42 Å². The lowest BCUT2D eigenvalue weighted by molar-refractivity contribution is 0.162. The fourth-order valence-electron chi connectivity index (χ4n) is 2.94. The molecule has 4 rings (SSSR count). The third kappa shape index (κ3) is 3.68. The normalized spacial score (nSPS) is 15.7. The van der Waals surface area contributed by atoms with Gasteiger partial charge < -0.3 is 10.1 Å². The minimum atomic E-state index is -3.19. The molecule has 0 unspecified atom stereocenters. The zero-order chi connectivity index (χ0) is 18.1. The van der Waals surface area contributed by atoms with Crippen molar-refractivity contribution in [3.63, 3.8) is 0 Å². The lowest BCUT2D eigenvalue weighted by Crippen LogP contribution is -2.34. The second-order valence-corrected chi connectivity index (χ2v) is 9.37. The summed E-state index contributed by atoms with van der Waals surface area (Å²) in [6.45, 7) is 1.95. The summed E-state index contributed by atoms with van der Waals surface area (Å²) in [6, 6.07) is 15.0.